The number of rotatable bonds is 5. The molecular formula is C18H30N2S. The molecule has 2 aliphatic rings. The minimum absolute atomic E-state index is 0.188. The summed E-state index contributed by atoms with van der Waals surface area (Å²) in [6.07, 6.45) is 11.9. The number of aryl methyl sites for hydroxylation is 2. The molecule has 21 heavy (non-hydrogen) atoms. The number of hydrogen-bond donors (Lipinski definition) is 1. The van der Waals surface area contributed by atoms with E-state index in [1.54, 1.807) is 0 Å². The summed E-state index contributed by atoms with van der Waals surface area (Å²) < 4.78 is 0. The first-order chi connectivity index (χ1) is 10.2. The van der Waals surface area contributed by atoms with Gasteiger partial charge in [0, 0.05) is 10.9 Å². The quantitative estimate of drug-likeness (QED) is 0.778. The summed E-state index contributed by atoms with van der Waals surface area (Å²) in [5.41, 5.74) is 1.51. The highest BCUT2D eigenvalue weighted by Crippen LogP contribution is 2.43. The van der Waals surface area contributed by atoms with Gasteiger partial charge in [0.25, 0.3) is 0 Å². The van der Waals surface area contributed by atoms with Gasteiger partial charge < -0.3 is 5.32 Å². The lowest BCUT2D eigenvalue weighted by Crippen LogP contribution is -2.43. The zero-order chi connectivity index (χ0) is 14.9. The van der Waals surface area contributed by atoms with Gasteiger partial charge in [0.05, 0.1) is 11.2 Å². The molecule has 0 amide bonds. The molecule has 2 unspecified atom stereocenters. The van der Waals surface area contributed by atoms with Crippen LogP contribution in [0.4, 0.5) is 0 Å². The first-order valence-electron chi connectivity index (χ1n) is 8.91. The average Bonchev–Trinajstić information content (AvgIpc) is 3.25. The molecule has 1 aromatic heterocycles. The standard InChI is InChI=1S/C18H30N2S/c1-4-14-7-6-11-18(12-10-14,20-15-8-9-15)17-19-16(5-2)13(3)21-17/h14-15,20H,4-12H2,1-3H3. The van der Waals surface area contributed by atoms with Crippen LogP contribution in [0.15, 0.2) is 0 Å². The van der Waals surface area contributed by atoms with E-state index < -0.39 is 0 Å². The molecule has 2 saturated carbocycles. The molecule has 0 radical (unpaired) electrons. The van der Waals surface area contributed by atoms with Gasteiger partial charge in [-0.2, -0.15) is 0 Å². The van der Waals surface area contributed by atoms with Crippen LogP contribution in [-0.4, -0.2) is 11.0 Å². The van der Waals surface area contributed by atoms with E-state index in [-0.39, 0.29) is 5.54 Å². The molecule has 0 bridgehead atoms. The monoisotopic (exact) mass is 306 g/mol. The van der Waals surface area contributed by atoms with Crippen molar-refractivity contribution in [1.29, 1.82) is 0 Å². The molecule has 3 rings (SSSR count). The Balaban J connectivity index is 1.87. The first-order valence-corrected chi connectivity index (χ1v) is 9.73. The van der Waals surface area contributed by atoms with E-state index in [4.69, 9.17) is 4.98 Å². The van der Waals surface area contributed by atoms with Gasteiger partial charge in [-0.05, 0) is 51.4 Å². The number of nitrogens with zero attached hydrogens (tertiary/aromatic N) is 1. The second kappa shape index (κ2) is 6.37. The molecule has 2 fully saturated rings. The third-order valence-electron chi connectivity index (χ3n) is 5.47. The predicted octanol–water partition coefficient (Wildman–Crippen LogP) is 4.95. The molecule has 2 nitrogen and oxygen atoms in total. The van der Waals surface area contributed by atoms with E-state index in [1.165, 1.54) is 66.9 Å². The highest BCUT2D eigenvalue weighted by Gasteiger charge is 2.41. The molecular weight excluding hydrogens is 276 g/mol. The van der Waals surface area contributed by atoms with Gasteiger partial charge in [0.2, 0.25) is 0 Å². The van der Waals surface area contributed by atoms with Crippen molar-refractivity contribution >= 4 is 11.3 Å². The van der Waals surface area contributed by atoms with Gasteiger partial charge in [0.15, 0.2) is 0 Å². The first kappa shape index (κ1) is 15.5. The van der Waals surface area contributed by atoms with Crippen LogP contribution in [0.25, 0.3) is 0 Å². The van der Waals surface area contributed by atoms with Crippen LogP contribution in [0.3, 0.4) is 0 Å². The van der Waals surface area contributed by atoms with Crippen LogP contribution in [0.2, 0.25) is 0 Å². The van der Waals surface area contributed by atoms with Crippen molar-refractivity contribution in [2.24, 2.45) is 5.92 Å². The number of nitrogens with one attached hydrogen (secondary N) is 1. The minimum atomic E-state index is 0.188. The summed E-state index contributed by atoms with van der Waals surface area (Å²) >= 11 is 1.96. The lowest BCUT2D eigenvalue weighted by Gasteiger charge is -2.32. The van der Waals surface area contributed by atoms with Gasteiger partial charge in [-0.25, -0.2) is 4.98 Å². The Kier molecular flexibility index (Phi) is 4.70. The second-order valence-electron chi connectivity index (χ2n) is 7.08. The highest BCUT2D eigenvalue weighted by atomic mass is 32.1. The second-order valence-corrected chi connectivity index (χ2v) is 8.28. The summed E-state index contributed by atoms with van der Waals surface area (Å²) in [5.74, 6) is 0.930. The molecule has 1 heterocycles. The zero-order valence-corrected chi connectivity index (χ0v) is 14.7. The van der Waals surface area contributed by atoms with Crippen molar-refractivity contribution in [2.45, 2.75) is 90.1 Å². The molecule has 0 aliphatic heterocycles. The summed E-state index contributed by atoms with van der Waals surface area (Å²) in [6.45, 7) is 6.83. The van der Waals surface area contributed by atoms with Crippen LogP contribution in [0.5, 0.6) is 0 Å². The van der Waals surface area contributed by atoms with Gasteiger partial charge in [-0.1, -0.05) is 33.1 Å². The van der Waals surface area contributed by atoms with Crippen molar-refractivity contribution in [3.05, 3.63) is 15.6 Å². The number of aromatic nitrogens is 1. The lowest BCUT2D eigenvalue weighted by molar-refractivity contribution is 0.280. The van der Waals surface area contributed by atoms with Crippen molar-refractivity contribution in [2.75, 3.05) is 0 Å². The van der Waals surface area contributed by atoms with Crippen molar-refractivity contribution in [3.63, 3.8) is 0 Å². The maximum absolute atomic E-state index is 5.05. The Bertz CT molecular complexity index is 478. The SMILES string of the molecule is CCc1nc(C2(NC3CC3)CCCC(CC)CC2)sc1C. The third-order valence-corrected chi connectivity index (χ3v) is 6.68. The largest absolute Gasteiger partial charge is 0.303 e. The molecule has 118 valence electrons. The Hall–Kier alpha value is -0.410. The summed E-state index contributed by atoms with van der Waals surface area (Å²) in [6, 6.07) is 0.762. The fourth-order valence-electron chi connectivity index (χ4n) is 3.82. The Morgan fingerprint density at radius 3 is 2.62 bits per heavy atom. The molecule has 2 atom stereocenters. The number of hydrogen-bond acceptors (Lipinski definition) is 3. The van der Waals surface area contributed by atoms with Crippen LogP contribution in [-0.2, 0) is 12.0 Å². The molecule has 1 N–H and O–H groups in total. The Labute approximate surface area is 133 Å². The maximum Gasteiger partial charge on any atom is 0.113 e. The zero-order valence-electron chi connectivity index (χ0n) is 13.9. The van der Waals surface area contributed by atoms with E-state index in [2.05, 4.69) is 26.1 Å². The molecule has 3 heteroatoms. The van der Waals surface area contributed by atoms with Crippen LogP contribution < -0.4 is 5.32 Å². The third kappa shape index (κ3) is 3.34. The average molecular weight is 307 g/mol. The molecule has 2 aliphatic carbocycles. The minimum Gasteiger partial charge on any atom is -0.303 e. The van der Waals surface area contributed by atoms with E-state index in [0.29, 0.717) is 0 Å². The smallest absolute Gasteiger partial charge is 0.113 e. The summed E-state index contributed by atoms with van der Waals surface area (Å²) in [5, 5.41) is 5.41. The highest BCUT2D eigenvalue weighted by molar-refractivity contribution is 7.11. The lowest BCUT2D eigenvalue weighted by atomic mass is 9.89. The van der Waals surface area contributed by atoms with Crippen LogP contribution in [0.1, 0.15) is 80.8 Å². The van der Waals surface area contributed by atoms with E-state index in [0.717, 1.165) is 18.4 Å². The molecule has 1 aromatic rings. The molecule has 0 spiro atoms. The molecule has 0 aromatic carbocycles. The fourth-order valence-corrected chi connectivity index (χ4v) is 5.03. The van der Waals surface area contributed by atoms with Crippen molar-refractivity contribution < 1.29 is 0 Å². The summed E-state index contributed by atoms with van der Waals surface area (Å²) in [7, 11) is 0. The Morgan fingerprint density at radius 1 is 1.19 bits per heavy atom. The van der Waals surface area contributed by atoms with Gasteiger partial charge in [-0.3, -0.25) is 0 Å². The van der Waals surface area contributed by atoms with Crippen LogP contribution in [0, 0.1) is 12.8 Å². The van der Waals surface area contributed by atoms with Crippen LogP contribution >= 0.6 is 11.3 Å². The van der Waals surface area contributed by atoms with E-state index in [9.17, 15) is 0 Å². The predicted molar refractivity (Wildman–Crippen MR) is 90.9 cm³/mol. The van der Waals surface area contributed by atoms with Gasteiger partial charge in [0.1, 0.15) is 5.01 Å². The normalized spacial score (nSPS) is 30.3. The fraction of sp³-hybridized carbons (Fsp3) is 0.833. The topological polar surface area (TPSA) is 24.9 Å². The van der Waals surface area contributed by atoms with E-state index in [1.807, 2.05) is 11.3 Å². The maximum atomic E-state index is 5.05. The summed E-state index contributed by atoms with van der Waals surface area (Å²) in [4.78, 5) is 6.48. The van der Waals surface area contributed by atoms with E-state index >= 15 is 0 Å². The van der Waals surface area contributed by atoms with Gasteiger partial charge >= 0.3 is 0 Å². The Morgan fingerprint density at radius 2 is 2.00 bits per heavy atom. The van der Waals surface area contributed by atoms with Crippen molar-refractivity contribution in [1.82, 2.24) is 10.3 Å². The molecule has 0 saturated heterocycles. The number of thiazole rings is 1. The van der Waals surface area contributed by atoms with Gasteiger partial charge in [-0.15, -0.1) is 11.3 Å². The van der Waals surface area contributed by atoms with Crippen molar-refractivity contribution in [3.8, 4) is 0 Å².